The van der Waals surface area contributed by atoms with Gasteiger partial charge < -0.3 is 14.8 Å². The van der Waals surface area contributed by atoms with Crippen molar-refractivity contribution in [2.75, 3.05) is 12.4 Å². The lowest BCUT2D eigenvalue weighted by Gasteiger charge is -2.18. The van der Waals surface area contributed by atoms with Gasteiger partial charge >= 0.3 is 0 Å². The van der Waals surface area contributed by atoms with Crippen molar-refractivity contribution in [1.29, 1.82) is 0 Å². The van der Waals surface area contributed by atoms with E-state index in [1.165, 1.54) is 0 Å². The molecule has 0 amide bonds. The summed E-state index contributed by atoms with van der Waals surface area (Å²) in [4.78, 5) is 1.15. The van der Waals surface area contributed by atoms with Gasteiger partial charge in [0, 0.05) is 22.7 Å². The second-order valence-corrected chi connectivity index (χ2v) is 4.91. The van der Waals surface area contributed by atoms with Crippen molar-refractivity contribution in [2.24, 2.45) is 0 Å². The van der Waals surface area contributed by atoms with Gasteiger partial charge in [-0.3, -0.25) is 0 Å². The third-order valence-corrected chi connectivity index (χ3v) is 3.34. The highest BCUT2D eigenvalue weighted by atomic mass is 32.2. The van der Waals surface area contributed by atoms with Crippen LogP contribution in [0.2, 0.25) is 0 Å². The van der Waals surface area contributed by atoms with Crippen molar-refractivity contribution in [3.05, 3.63) is 18.1 Å². The first kappa shape index (κ1) is 12.6. The Morgan fingerprint density at radius 1 is 1.53 bits per heavy atom. The molecule has 1 atom stereocenters. The molecule has 1 aromatic rings. The molecule has 0 fully saturated rings. The van der Waals surface area contributed by atoms with Crippen molar-refractivity contribution in [2.45, 2.75) is 37.8 Å². The molecule has 0 aromatic carbocycles. The summed E-state index contributed by atoms with van der Waals surface area (Å²) in [7, 11) is 0. The average molecular weight is 229 g/mol. The molecule has 0 aliphatic heterocycles. The maximum Gasteiger partial charge on any atom is 0.114 e. The van der Waals surface area contributed by atoms with Gasteiger partial charge in [0.1, 0.15) is 5.76 Å². The van der Waals surface area contributed by atoms with Crippen LogP contribution < -0.4 is 5.32 Å². The molecule has 0 spiro atoms. The minimum atomic E-state index is 0.143. The largest absolute Gasteiger partial charge is 0.468 e. The van der Waals surface area contributed by atoms with Gasteiger partial charge in [-0.15, -0.1) is 11.8 Å². The van der Waals surface area contributed by atoms with Crippen LogP contribution in [-0.2, 0) is 0 Å². The average Bonchev–Trinajstić information content (AvgIpc) is 2.58. The van der Waals surface area contributed by atoms with E-state index in [1.54, 1.807) is 18.0 Å². The highest BCUT2D eigenvalue weighted by Gasteiger charge is 2.10. The van der Waals surface area contributed by atoms with Crippen LogP contribution in [0.1, 0.15) is 19.6 Å². The first-order chi connectivity index (χ1) is 7.13. The number of hydrogen-bond acceptors (Lipinski definition) is 4. The summed E-state index contributed by atoms with van der Waals surface area (Å²) in [6, 6.07) is 2.50. The first-order valence-corrected chi connectivity index (χ1v) is 6.16. The molecule has 0 saturated carbocycles. The monoisotopic (exact) mass is 229 g/mol. The summed E-state index contributed by atoms with van der Waals surface area (Å²) in [5.41, 5.74) is 0. The van der Waals surface area contributed by atoms with Gasteiger partial charge in [-0.1, -0.05) is 13.8 Å². The molecule has 1 aromatic heterocycles. The van der Waals surface area contributed by atoms with Gasteiger partial charge in [-0.05, 0) is 13.0 Å². The van der Waals surface area contributed by atoms with Crippen LogP contribution in [0.25, 0.3) is 0 Å². The Morgan fingerprint density at radius 3 is 2.73 bits per heavy atom. The lowest BCUT2D eigenvalue weighted by Crippen LogP contribution is -2.39. The molecule has 1 rings (SSSR count). The van der Waals surface area contributed by atoms with E-state index in [0.717, 1.165) is 16.4 Å². The van der Waals surface area contributed by atoms with Gasteiger partial charge in [0.05, 0.1) is 12.9 Å². The highest BCUT2D eigenvalue weighted by Crippen LogP contribution is 2.23. The third-order valence-electron chi connectivity index (χ3n) is 2.04. The summed E-state index contributed by atoms with van der Waals surface area (Å²) in [6.45, 7) is 6.28. The third kappa shape index (κ3) is 4.28. The molecular formula is C11H19NO2S. The van der Waals surface area contributed by atoms with Gasteiger partial charge in [0.2, 0.25) is 0 Å². The van der Waals surface area contributed by atoms with E-state index >= 15 is 0 Å². The number of furan rings is 1. The lowest BCUT2D eigenvalue weighted by atomic mass is 10.3. The molecule has 0 radical (unpaired) electrons. The molecule has 3 nitrogen and oxygen atoms in total. The minimum Gasteiger partial charge on any atom is -0.468 e. The van der Waals surface area contributed by atoms with Crippen molar-refractivity contribution in [1.82, 2.24) is 5.32 Å². The van der Waals surface area contributed by atoms with E-state index in [4.69, 9.17) is 4.42 Å². The zero-order chi connectivity index (χ0) is 11.3. The van der Waals surface area contributed by atoms with E-state index < -0.39 is 0 Å². The van der Waals surface area contributed by atoms with Crippen LogP contribution in [-0.4, -0.2) is 29.5 Å². The fourth-order valence-electron chi connectivity index (χ4n) is 1.34. The normalized spacial score (nSPS) is 13.4. The van der Waals surface area contributed by atoms with Crippen molar-refractivity contribution in [3.63, 3.8) is 0 Å². The van der Waals surface area contributed by atoms with Crippen LogP contribution in [0, 0.1) is 6.92 Å². The molecule has 2 N–H and O–H groups in total. The number of aryl methyl sites for hydroxylation is 1. The number of nitrogens with one attached hydrogen (secondary N) is 1. The van der Waals surface area contributed by atoms with Gasteiger partial charge in [0.25, 0.3) is 0 Å². The summed E-state index contributed by atoms with van der Waals surface area (Å²) in [5.74, 6) is 1.80. The van der Waals surface area contributed by atoms with Crippen molar-refractivity contribution >= 4 is 11.8 Å². The van der Waals surface area contributed by atoms with E-state index in [0.29, 0.717) is 6.04 Å². The molecule has 86 valence electrons. The van der Waals surface area contributed by atoms with Gasteiger partial charge in [-0.25, -0.2) is 0 Å². The van der Waals surface area contributed by atoms with Crippen molar-refractivity contribution in [3.8, 4) is 0 Å². The maximum atomic E-state index is 9.17. The predicted octanol–water partition coefficient (Wildman–Crippen LogP) is 2.04. The van der Waals surface area contributed by atoms with Gasteiger partial charge in [-0.2, -0.15) is 0 Å². The Morgan fingerprint density at radius 2 is 2.27 bits per heavy atom. The predicted molar refractivity (Wildman–Crippen MR) is 63.3 cm³/mol. The van der Waals surface area contributed by atoms with Crippen LogP contribution in [0.15, 0.2) is 21.6 Å². The minimum absolute atomic E-state index is 0.143. The van der Waals surface area contributed by atoms with Crippen LogP contribution >= 0.6 is 11.8 Å². The molecule has 15 heavy (non-hydrogen) atoms. The zero-order valence-corrected chi connectivity index (χ0v) is 10.3. The Hall–Kier alpha value is -0.450. The fourth-order valence-corrected chi connectivity index (χ4v) is 2.32. The quantitative estimate of drug-likeness (QED) is 0.733. The van der Waals surface area contributed by atoms with Crippen LogP contribution in [0.3, 0.4) is 0 Å². The Kier molecular flexibility index (Phi) is 5.22. The molecule has 0 aliphatic rings. The number of aliphatic hydroxyl groups excluding tert-OH is 1. The Balaban J connectivity index is 2.37. The Labute approximate surface area is 95.2 Å². The maximum absolute atomic E-state index is 9.17. The summed E-state index contributed by atoms with van der Waals surface area (Å²) in [5, 5.41) is 12.5. The molecule has 0 saturated heterocycles. The van der Waals surface area contributed by atoms with E-state index in [9.17, 15) is 5.11 Å². The molecule has 1 heterocycles. The Bertz CT molecular complexity index is 286. The topological polar surface area (TPSA) is 45.4 Å². The molecule has 0 bridgehead atoms. The standard InChI is InChI=1S/C11H19NO2S/c1-8(2)12-10(6-13)7-15-11-4-5-14-9(11)3/h4-5,8,10,12-13H,6-7H2,1-3H3. The second-order valence-electron chi connectivity index (χ2n) is 3.85. The number of aliphatic hydroxyl groups is 1. The van der Waals surface area contributed by atoms with E-state index in [2.05, 4.69) is 19.2 Å². The summed E-state index contributed by atoms with van der Waals surface area (Å²) in [6.07, 6.45) is 1.70. The summed E-state index contributed by atoms with van der Waals surface area (Å²) < 4.78 is 5.21. The van der Waals surface area contributed by atoms with Crippen molar-refractivity contribution < 1.29 is 9.52 Å². The van der Waals surface area contributed by atoms with E-state index in [1.807, 2.05) is 13.0 Å². The molecule has 0 aliphatic carbocycles. The smallest absolute Gasteiger partial charge is 0.114 e. The van der Waals surface area contributed by atoms with E-state index in [-0.39, 0.29) is 12.6 Å². The molecule has 4 heteroatoms. The zero-order valence-electron chi connectivity index (χ0n) is 9.49. The number of hydrogen-bond donors (Lipinski definition) is 2. The molecule has 1 unspecified atom stereocenters. The highest BCUT2D eigenvalue weighted by molar-refractivity contribution is 7.99. The number of rotatable bonds is 6. The molecular weight excluding hydrogens is 210 g/mol. The fraction of sp³-hybridized carbons (Fsp3) is 0.636. The number of thioether (sulfide) groups is 1. The van der Waals surface area contributed by atoms with Gasteiger partial charge in [0.15, 0.2) is 0 Å². The van der Waals surface area contributed by atoms with Crippen LogP contribution in [0.4, 0.5) is 0 Å². The first-order valence-electron chi connectivity index (χ1n) is 5.17. The van der Waals surface area contributed by atoms with Crippen LogP contribution in [0.5, 0.6) is 0 Å². The SMILES string of the molecule is Cc1occc1SCC(CO)NC(C)C. The lowest BCUT2D eigenvalue weighted by molar-refractivity contribution is 0.247. The summed E-state index contributed by atoms with van der Waals surface area (Å²) >= 11 is 1.71. The second kappa shape index (κ2) is 6.20.